The molecule has 1 N–H and O–H groups in total. The third-order valence-electron chi connectivity index (χ3n) is 3.09. The summed E-state index contributed by atoms with van der Waals surface area (Å²) in [4.78, 5) is 18.2. The number of fused-ring (bicyclic) bond motifs is 1. The van der Waals surface area contributed by atoms with Crippen LogP contribution in [0.1, 0.15) is 15.9 Å². The fourth-order valence-electron chi connectivity index (χ4n) is 2.08. The van der Waals surface area contributed by atoms with Crippen molar-refractivity contribution in [2.24, 2.45) is 0 Å². The van der Waals surface area contributed by atoms with Gasteiger partial charge in [-0.3, -0.25) is 4.79 Å². The molecule has 0 spiro atoms. The number of hydrogen-bond acceptors (Lipinski definition) is 3. The van der Waals surface area contributed by atoms with Crippen LogP contribution in [0.3, 0.4) is 0 Å². The molecule has 0 saturated carbocycles. The SMILES string of the molecule is O=C1c2cccnc2NC(Br)N1Cc1ccc(F)cc1. The van der Waals surface area contributed by atoms with Crippen LogP contribution >= 0.6 is 15.9 Å². The number of alkyl halides is 1. The van der Waals surface area contributed by atoms with E-state index in [1.54, 1.807) is 35.4 Å². The van der Waals surface area contributed by atoms with Gasteiger partial charge in [0.25, 0.3) is 5.91 Å². The van der Waals surface area contributed by atoms with E-state index in [0.29, 0.717) is 17.9 Å². The molecule has 1 amide bonds. The molecule has 1 unspecified atom stereocenters. The minimum atomic E-state index is -0.345. The topological polar surface area (TPSA) is 45.2 Å². The predicted octanol–water partition coefficient (Wildman–Crippen LogP) is 2.97. The number of carbonyl (C=O) groups excluding carboxylic acids is 1. The summed E-state index contributed by atoms with van der Waals surface area (Å²) in [5, 5.41) is 2.76. The van der Waals surface area contributed by atoms with Crippen LogP contribution in [0.25, 0.3) is 0 Å². The van der Waals surface area contributed by atoms with Crippen molar-refractivity contribution >= 4 is 27.7 Å². The van der Waals surface area contributed by atoms with Gasteiger partial charge in [-0.2, -0.15) is 0 Å². The first kappa shape index (κ1) is 13.1. The van der Waals surface area contributed by atoms with Gasteiger partial charge in [-0.05, 0) is 45.8 Å². The van der Waals surface area contributed by atoms with Crippen LogP contribution < -0.4 is 5.32 Å². The first-order valence-corrected chi connectivity index (χ1v) is 6.98. The minimum Gasteiger partial charge on any atom is -0.340 e. The summed E-state index contributed by atoms with van der Waals surface area (Å²) in [6, 6.07) is 9.56. The van der Waals surface area contributed by atoms with Gasteiger partial charge in [-0.15, -0.1) is 0 Å². The van der Waals surface area contributed by atoms with Crippen LogP contribution in [0.2, 0.25) is 0 Å². The van der Waals surface area contributed by atoms with Gasteiger partial charge in [-0.1, -0.05) is 12.1 Å². The fraction of sp³-hybridized carbons (Fsp3) is 0.143. The van der Waals surface area contributed by atoms with Crippen molar-refractivity contribution in [2.75, 3.05) is 5.32 Å². The van der Waals surface area contributed by atoms with E-state index in [1.807, 2.05) is 0 Å². The Morgan fingerprint density at radius 1 is 1.30 bits per heavy atom. The third kappa shape index (κ3) is 2.38. The van der Waals surface area contributed by atoms with Crippen LogP contribution in [0.5, 0.6) is 0 Å². The molecule has 2 heterocycles. The van der Waals surface area contributed by atoms with E-state index in [0.717, 1.165) is 5.56 Å². The number of amides is 1. The molecule has 1 aliphatic rings. The van der Waals surface area contributed by atoms with Gasteiger partial charge in [-0.25, -0.2) is 9.37 Å². The van der Waals surface area contributed by atoms with Crippen LogP contribution in [-0.4, -0.2) is 20.9 Å². The highest BCUT2D eigenvalue weighted by Gasteiger charge is 2.30. The lowest BCUT2D eigenvalue weighted by Gasteiger charge is -2.33. The quantitative estimate of drug-likeness (QED) is 0.677. The number of aromatic nitrogens is 1. The van der Waals surface area contributed by atoms with Crippen molar-refractivity contribution in [3.63, 3.8) is 0 Å². The Morgan fingerprint density at radius 3 is 2.80 bits per heavy atom. The Balaban J connectivity index is 1.87. The van der Waals surface area contributed by atoms with Crippen molar-refractivity contribution in [1.29, 1.82) is 0 Å². The molecule has 6 heteroatoms. The van der Waals surface area contributed by atoms with Crippen molar-refractivity contribution < 1.29 is 9.18 Å². The molecule has 102 valence electrons. The number of carbonyl (C=O) groups is 1. The van der Waals surface area contributed by atoms with E-state index in [-0.39, 0.29) is 16.8 Å². The molecule has 1 atom stereocenters. The van der Waals surface area contributed by atoms with Crippen molar-refractivity contribution in [3.05, 3.63) is 59.5 Å². The number of benzene rings is 1. The molecule has 0 radical (unpaired) electrons. The summed E-state index contributed by atoms with van der Waals surface area (Å²) >= 11 is 3.42. The Kier molecular flexibility index (Phi) is 3.40. The zero-order valence-electron chi connectivity index (χ0n) is 10.4. The Bertz CT molecular complexity index is 647. The average molecular weight is 336 g/mol. The smallest absolute Gasteiger partial charge is 0.260 e. The second kappa shape index (κ2) is 5.20. The molecule has 3 rings (SSSR count). The minimum absolute atomic E-state index is 0.113. The van der Waals surface area contributed by atoms with Gasteiger partial charge in [0.1, 0.15) is 11.6 Å². The normalized spacial score (nSPS) is 17.6. The molecule has 1 aliphatic heterocycles. The van der Waals surface area contributed by atoms with E-state index in [1.165, 1.54) is 12.1 Å². The van der Waals surface area contributed by atoms with Gasteiger partial charge in [0, 0.05) is 12.7 Å². The second-order valence-corrected chi connectivity index (χ2v) is 5.31. The molecule has 20 heavy (non-hydrogen) atoms. The van der Waals surface area contributed by atoms with E-state index < -0.39 is 0 Å². The number of pyridine rings is 1. The molecule has 1 aromatic carbocycles. The van der Waals surface area contributed by atoms with E-state index in [4.69, 9.17) is 0 Å². The highest BCUT2D eigenvalue weighted by molar-refractivity contribution is 9.09. The summed E-state index contributed by atoms with van der Waals surface area (Å²) in [5.41, 5.74) is 1.39. The summed E-state index contributed by atoms with van der Waals surface area (Å²) < 4.78 is 12.9. The zero-order chi connectivity index (χ0) is 14.1. The number of rotatable bonds is 2. The van der Waals surface area contributed by atoms with Crippen LogP contribution in [-0.2, 0) is 6.54 Å². The first-order valence-electron chi connectivity index (χ1n) is 6.06. The summed E-state index contributed by atoms with van der Waals surface area (Å²) in [6.07, 6.45) is 1.63. The molecule has 4 nitrogen and oxygen atoms in total. The predicted molar refractivity (Wildman–Crippen MR) is 76.8 cm³/mol. The zero-order valence-corrected chi connectivity index (χ0v) is 12.0. The maximum Gasteiger partial charge on any atom is 0.260 e. The van der Waals surface area contributed by atoms with Gasteiger partial charge < -0.3 is 10.2 Å². The standard InChI is InChI=1S/C14H11BrFN3O/c15-14-18-12-11(2-1-7-17-12)13(20)19(14)8-9-3-5-10(16)6-4-9/h1-7,14H,8H2,(H,17,18). The average Bonchev–Trinajstić information content (AvgIpc) is 2.45. The number of anilines is 1. The largest absolute Gasteiger partial charge is 0.340 e. The number of nitrogens with zero attached hydrogens (tertiary/aromatic N) is 2. The van der Waals surface area contributed by atoms with Gasteiger partial charge in [0.05, 0.1) is 5.56 Å². The lowest BCUT2D eigenvalue weighted by Crippen LogP contribution is -2.45. The summed E-state index contributed by atoms with van der Waals surface area (Å²) in [5.74, 6) is 0.162. The van der Waals surface area contributed by atoms with Gasteiger partial charge in [0.2, 0.25) is 0 Å². The first-order chi connectivity index (χ1) is 9.65. The molecule has 0 bridgehead atoms. The molecular formula is C14H11BrFN3O. The van der Waals surface area contributed by atoms with E-state index in [9.17, 15) is 9.18 Å². The van der Waals surface area contributed by atoms with Crippen molar-refractivity contribution in [1.82, 2.24) is 9.88 Å². The Labute approximate surface area is 123 Å². The van der Waals surface area contributed by atoms with E-state index in [2.05, 4.69) is 26.2 Å². The lowest BCUT2D eigenvalue weighted by molar-refractivity contribution is 0.0730. The Morgan fingerprint density at radius 2 is 2.05 bits per heavy atom. The maximum atomic E-state index is 12.9. The molecule has 2 aromatic rings. The Hall–Kier alpha value is -1.95. The van der Waals surface area contributed by atoms with Crippen LogP contribution in [0.15, 0.2) is 42.6 Å². The van der Waals surface area contributed by atoms with Crippen LogP contribution in [0.4, 0.5) is 10.2 Å². The highest BCUT2D eigenvalue weighted by Crippen LogP contribution is 2.26. The monoisotopic (exact) mass is 335 g/mol. The molecule has 0 aliphatic carbocycles. The summed E-state index contributed by atoms with van der Waals surface area (Å²) in [6.45, 7) is 0.385. The molecule has 0 fully saturated rings. The fourth-order valence-corrected chi connectivity index (χ4v) is 2.63. The second-order valence-electron chi connectivity index (χ2n) is 4.44. The van der Waals surface area contributed by atoms with Gasteiger partial charge >= 0.3 is 0 Å². The molecule has 1 aromatic heterocycles. The van der Waals surface area contributed by atoms with Crippen molar-refractivity contribution in [2.45, 2.75) is 11.6 Å². The number of hydrogen-bond donors (Lipinski definition) is 1. The van der Waals surface area contributed by atoms with Crippen molar-refractivity contribution in [3.8, 4) is 0 Å². The third-order valence-corrected chi connectivity index (χ3v) is 3.82. The number of nitrogens with one attached hydrogen (secondary N) is 1. The highest BCUT2D eigenvalue weighted by atomic mass is 79.9. The molecular weight excluding hydrogens is 325 g/mol. The lowest BCUT2D eigenvalue weighted by atomic mass is 10.1. The maximum absolute atomic E-state index is 12.9. The number of halogens is 2. The summed E-state index contributed by atoms with van der Waals surface area (Å²) in [7, 11) is 0. The van der Waals surface area contributed by atoms with E-state index >= 15 is 0 Å². The molecule has 0 saturated heterocycles. The van der Waals surface area contributed by atoms with Crippen LogP contribution in [0, 0.1) is 5.82 Å². The van der Waals surface area contributed by atoms with Gasteiger partial charge in [0.15, 0.2) is 5.08 Å².